The highest BCUT2D eigenvalue weighted by molar-refractivity contribution is 5.36. The van der Waals surface area contributed by atoms with Crippen LogP contribution in [0.1, 0.15) is 11.7 Å². The molecule has 2 aliphatic heterocycles. The molecule has 0 radical (unpaired) electrons. The number of likely N-dealkylation sites (tertiary alicyclic amines) is 1. The fraction of sp³-hybridized carbons (Fsp3) is 0.571. The summed E-state index contributed by atoms with van der Waals surface area (Å²) < 4.78 is 11.9. The van der Waals surface area contributed by atoms with E-state index in [0.717, 1.165) is 38.5 Å². The van der Waals surface area contributed by atoms with Gasteiger partial charge in [0, 0.05) is 31.7 Å². The first-order valence-corrected chi connectivity index (χ1v) is 6.59. The summed E-state index contributed by atoms with van der Waals surface area (Å²) in [5, 5.41) is 3.36. The fourth-order valence-electron chi connectivity index (χ4n) is 2.51. The van der Waals surface area contributed by atoms with Gasteiger partial charge in [0.1, 0.15) is 11.9 Å². The van der Waals surface area contributed by atoms with Crippen molar-refractivity contribution < 1.29 is 9.47 Å². The Bertz CT molecular complexity index is 399. The predicted octanol–water partition coefficient (Wildman–Crippen LogP) is 1.04. The van der Waals surface area contributed by atoms with Crippen LogP contribution in [0.3, 0.4) is 0 Å². The maximum absolute atomic E-state index is 6.06. The van der Waals surface area contributed by atoms with Crippen molar-refractivity contribution in [2.75, 3.05) is 39.8 Å². The van der Waals surface area contributed by atoms with E-state index in [2.05, 4.69) is 23.3 Å². The number of hydrogen-bond acceptors (Lipinski definition) is 4. The van der Waals surface area contributed by atoms with E-state index < -0.39 is 0 Å². The van der Waals surface area contributed by atoms with Crippen LogP contribution in [-0.2, 0) is 4.74 Å². The fourth-order valence-corrected chi connectivity index (χ4v) is 2.51. The number of likely N-dealkylation sites (N-methyl/N-ethyl adjacent to an activating group) is 1. The Morgan fingerprint density at radius 1 is 1.33 bits per heavy atom. The summed E-state index contributed by atoms with van der Waals surface area (Å²) in [6.07, 6.45) is 0.445. The van der Waals surface area contributed by atoms with Crippen molar-refractivity contribution in [2.45, 2.75) is 12.2 Å². The van der Waals surface area contributed by atoms with Crippen LogP contribution in [0.15, 0.2) is 24.3 Å². The average Bonchev–Trinajstić information content (AvgIpc) is 2.39. The Morgan fingerprint density at radius 3 is 2.89 bits per heavy atom. The van der Waals surface area contributed by atoms with Crippen LogP contribution in [0.4, 0.5) is 0 Å². The molecule has 0 saturated carbocycles. The number of nitrogens with one attached hydrogen (secondary N) is 1. The number of ether oxygens (including phenoxy) is 2. The summed E-state index contributed by atoms with van der Waals surface area (Å²) in [5.41, 5.74) is 1.17. The topological polar surface area (TPSA) is 33.7 Å². The zero-order valence-corrected chi connectivity index (χ0v) is 10.8. The number of nitrogens with zero attached hydrogens (tertiary/aromatic N) is 1. The van der Waals surface area contributed by atoms with Gasteiger partial charge in [-0.2, -0.15) is 0 Å². The zero-order valence-electron chi connectivity index (χ0n) is 10.8. The van der Waals surface area contributed by atoms with Crippen LogP contribution < -0.4 is 10.1 Å². The van der Waals surface area contributed by atoms with E-state index in [1.165, 1.54) is 5.56 Å². The second-order valence-corrected chi connectivity index (χ2v) is 5.06. The monoisotopic (exact) mass is 248 g/mol. The Morgan fingerprint density at radius 2 is 2.17 bits per heavy atom. The first-order valence-electron chi connectivity index (χ1n) is 6.59. The van der Waals surface area contributed by atoms with Gasteiger partial charge in [0.25, 0.3) is 0 Å². The van der Waals surface area contributed by atoms with Gasteiger partial charge in [0.05, 0.1) is 12.7 Å². The van der Waals surface area contributed by atoms with Crippen LogP contribution in [0.5, 0.6) is 5.75 Å². The molecule has 4 nitrogen and oxygen atoms in total. The van der Waals surface area contributed by atoms with Gasteiger partial charge in [-0.15, -0.1) is 0 Å². The Hall–Kier alpha value is -1.10. The van der Waals surface area contributed by atoms with E-state index in [1.54, 1.807) is 0 Å². The molecule has 2 heterocycles. The lowest BCUT2D eigenvalue weighted by molar-refractivity contribution is 0.0155. The zero-order chi connectivity index (χ0) is 12.4. The summed E-state index contributed by atoms with van der Waals surface area (Å²) >= 11 is 0. The van der Waals surface area contributed by atoms with Gasteiger partial charge in [0.2, 0.25) is 0 Å². The average molecular weight is 248 g/mol. The van der Waals surface area contributed by atoms with Crippen molar-refractivity contribution in [3.8, 4) is 5.75 Å². The highest BCUT2D eigenvalue weighted by Gasteiger charge is 2.27. The lowest BCUT2D eigenvalue weighted by atomic mass is 10.1. The second-order valence-electron chi connectivity index (χ2n) is 5.06. The molecule has 0 aromatic heterocycles. The highest BCUT2D eigenvalue weighted by atomic mass is 16.5. The van der Waals surface area contributed by atoms with Gasteiger partial charge in [0.15, 0.2) is 0 Å². The van der Waals surface area contributed by atoms with Crippen LogP contribution in [-0.4, -0.2) is 50.8 Å². The third kappa shape index (κ3) is 2.51. The number of morpholine rings is 1. The molecule has 1 atom stereocenters. The molecule has 0 aliphatic carbocycles. The van der Waals surface area contributed by atoms with Crippen LogP contribution in [0, 0.1) is 0 Å². The first-order chi connectivity index (χ1) is 8.83. The van der Waals surface area contributed by atoms with E-state index in [9.17, 15) is 0 Å². The van der Waals surface area contributed by atoms with Gasteiger partial charge in [-0.1, -0.05) is 18.2 Å². The molecule has 1 unspecified atom stereocenters. The van der Waals surface area contributed by atoms with Crippen LogP contribution >= 0.6 is 0 Å². The molecule has 4 heteroatoms. The van der Waals surface area contributed by atoms with Crippen molar-refractivity contribution in [1.82, 2.24) is 10.2 Å². The highest BCUT2D eigenvalue weighted by Crippen LogP contribution is 2.29. The number of hydrogen-bond donors (Lipinski definition) is 1. The lowest BCUT2D eigenvalue weighted by Gasteiger charge is -2.37. The third-order valence-corrected chi connectivity index (χ3v) is 3.52. The normalized spacial score (nSPS) is 25.7. The van der Waals surface area contributed by atoms with Crippen molar-refractivity contribution in [3.05, 3.63) is 29.8 Å². The minimum atomic E-state index is 0.118. The van der Waals surface area contributed by atoms with E-state index in [-0.39, 0.29) is 6.10 Å². The summed E-state index contributed by atoms with van der Waals surface area (Å²) in [6.45, 7) is 4.60. The number of benzene rings is 1. The molecule has 3 rings (SSSR count). The number of rotatable bonds is 3. The minimum absolute atomic E-state index is 0.118. The van der Waals surface area contributed by atoms with E-state index in [0.29, 0.717) is 6.10 Å². The summed E-state index contributed by atoms with van der Waals surface area (Å²) in [4.78, 5) is 2.26. The summed E-state index contributed by atoms with van der Waals surface area (Å²) in [5.74, 6) is 0.976. The van der Waals surface area contributed by atoms with Crippen molar-refractivity contribution in [3.63, 3.8) is 0 Å². The van der Waals surface area contributed by atoms with Gasteiger partial charge in [-0.05, 0) is 13.1 Å². The Labute approximate surface area is 108 Å². The SMILES string of the molecule is CN1CC(Oc2ccccc2C2CNCCO2)C1. The molecule has 0 spiro atoms. The standard InChI is InChI=1S/C14H20N2O2/c1-16-9-11(10-16)18-13-5-3-2-4-12(13)14-8-15-6-7-17-14/h2-5,11,14-15H,6-10H2,1H3. The van der Waals surface area contributed by atoms with Gasteiger partial charge >= 0.3 is 0 Å². The number of para-hydroxylation sites is 1. The van der Waals surface area contributed by atoms with E-state index >= 15 is 0 Å². The van der Waals surface area contributed by atoms with Crippen molar-refractivity contribution >= 4 is 0 Å². The minimum Gasteiger partial charge on any atom is -0.487 e. The quantitative estimate of drug-likeness (QED) is 0.866. The molecule has 0 amide bonds. The van der Waals surface area contributed by atoms with Gasteiger partial charge in [-0.25, -0.2) is 0 Å². The van der Waals surface area contributed by atoms with E-state index in [1.807, 2.05) is 18.2 Å². The van der Waals surface area contributed by atoms with Gasteiger partial charge in [-0.3, -0.25) is 4.90 Å². The van der Waals surface area contributed by atoms with Crippen molar-refractivity contribution in [1.29, 1.82) is 0 Å². The third-order valence-electron chi connectivity index (χ3n) is 3.52. The molecule has 18 heavy (non-hydrogen) atoms. The summed E-state index contributed by atoms with van der Waals surface area (Å²) in [6, 6.07) is 8.23. The lowest BCUT2D eigenvalue weighted by Crippen LogP contribution is -2.51. The molecule has 98 valence electrons. The Balaban J connectivity index is 1.72. The smallest absolute Gasteiger partial charge is 0.125 e. The molecule has 2 saturated heterocycles. The molecule has 0 bridgehead atoms. The van der Waals surface area contributed by atoms with Crippen LogP contribution in [0.2, 0.25) is 0 Å². The molecular formula is C14H20N2O2. The van der Waals surface area contributed by atoms with E-state index in [4.69, 9.17) is 9.47 Å². The predicted molar refractivity (Wildman–Crippen MR) is 69.9 cm³/mol. The van der Waals surface area contributed by atoms with Crippen LogP contribution in [0.25, 0.3) is 0 Å². The van der Waals surface area contributed by atoms with Crippen molar-refractivity contribution in [2.24, 2.45) is 0 Å². The second kappa shape index (κ2) is 5.26. The Kier molecular flexibility index (Phi) is 3.50. The molecule has 2 aliphatic rings. The molecule has 2 fully saturated rings. The molecule has 1 aromatic rings. The maximum Gasteiger partial charge on any atom is 0.125 e. The summed E-state index contributed by atoms with van der Waals surface area (Å²) in [7, 11) is 2.11. The van der Waals surface area contributed by atoms with Gasteiger partial charge < -0.3 is 14.8 Å². The maximum atomic E-state index is 6.06. The molecular weight excluding hydrogens is 228 g/mol. The molecule has 1 aromatic carbocycles. The largest absolute Gasteiger partial charge is 0.487 e. The molecule has 1 N–H and O–H groups in total. The first kappa shape index (κ1) is 12.0.